The van der Waals surface area contributed by atoms with Crippen molar-refractivity contribution in [3.8, 4) is 0 Å². The van der Waals surface area contributed by atoms with Crippen LogP contribution < -0.4 is 0 Å². The number of nitrogens with zero attached hydrogens (tertiary/aromatic N) is 4. The second-order valence-corrected chi connectivity index (χ2v) is 6.37. The second-order valence-electron chi connectivity index (χ2n) is 4.30. The van der Waals surface area contributed by atoms with Crippen molar-refractivity contribution in [1.29, 1.82) is 0 Å². The number of hydrogen-bond donors (Lipinski definition) is 0. The first-order chi connectivity index (χ1) is 8.32. The van der Waals surface area contributed by atoms with Gasteiger partial charge >= 0.3 is 6.03 Å². The molecule has 0 aliphatic rings. The van der Waals surface area contributed by atoms with Crippen LogP contribution in [-0.4, -0.2) is 45.5 Å². The highest BCUT2D eigenvalue weighted by Crippen LogP contribution is 2.22. The van der Waals surface area contributed by atoms with Crippen LogP contribution in [0.1, 0.15) is 25.6 Å². The smallest absolute Gasteiger partial charge is 0.329 e. The average molecular weight is 333 g/mol. The molecule has 0 unspecified atom stereocenters. The fraction of sp³-hybridized carbons (Fsp3) is 0.545. The van der Waals surface area contributed by atoms with Crippen LogP contribution in [0.2, 0.25) is 0 Å². The predicted octanol–water partition coefficient (Wildman–Crippen LogP) is 2.93. The molecule has 0 spiro atoms. The van der Waals surface area contributed by atoms with Crippen LogP contribution in [0.15, 0.2) is 16.2 Å². The van der Waals surface area contributed by atoms with E-state index in [-0.39, 0.29) is 11.9 Å². The van der Waals surface area contributed by atoms with Gasteiger partial charge in [-0.2, -0.15) is 4.68 Å². The molecule has 0 bridgehead atoms. The Morgan fingerprint density at radius 3 is 2.61 bits per heavy atom. The van der Waals surface area contributed by atoms with E-state index in [9.17, 15) is 4.79 Å². The maximum absolute atomic E-state index is 12.0. The van der Waals surface area contributed by atoms with Crippen molar-refractivity contribution in [1.82, 2.24) is 19.7 Å². The SMILES string of the molecule is C=C(Br)CSc1nc(C(C)C)nn1C(=O)N(C)C. The summed E-state index contributed by atoms with van der Waals surface area (Å²) in [5, 5.41) is 4.85. The van der Waals surface area contributed by atoms with Gasteiger partial charge in [-0.05, 0) is 4.48 Å². The van der Waals surface area contributed by atoms with Crippen LogP contribution in [0.5, 0.6) is 0 Å². The van der Waals surface area contributed by atoms with Crippen LogP contribution >= 0.6 is 27.7 Å². The maximum Gasteiger partial charge on any atom is 0.346 e. The van der Waals surface area contributed by atoms with Gasteiger partial charge < -0.3 is 4.90 Å². The van der Waals surface area contributed by atoms with Gasteiger partial charge in [-0.25, -0.2) is 9.78 Å². The van der Waals surface area contributed by atoms with Crippen molar-refractivity contribution >= 4 is 33.7 Å². The molecule has 0 saturated carbocycles. The monoisotopic (exact) mass is 332 g/mol. The minimum absolute atomic E-state index is 0.188. The Morgan fingerprint density at radius 2 is 2.17 bits per heavy atom. The number of thioether (sulfide) groups is 1. The van der Waals surface area contributed by atoms with Crippen LogP contribution in [0.25, 0.3) is 0 Å². The fourth-order valence-electron chi connectivity index (χ4n) is 1.11. The molecule has 0 atom stereocenters. The molecule has 7 heteroatoms. The molecule has 100 valence electrons. The van der Waals surface area contributed by atoms with Crippen molar-refractivity contribution in [2.75, 3.05) is 19.8 Å². The summed E-state index contributed by atoms with van der Waals surface area (Å²) in [6.07, 6.45) is 0. The van der Waals surface area contributed by atoms with E-state index in [1.165, 1.54) is 21.3 Å². The Balaban J connectivity index is 3.05. The average Bonchev–Trinajstić information content (AvgIpc) is 2.69. The first-order valence-electron chi connectivity index (χ1n) is 5.47. The number of carbonyl (C=O) groups excluding carboxylic acids is 1. The summed E-state index contributed by atoms with van der Waals surface area (Å²) in [7, 11) is 3.38. The summed E-state index contributed by atoms with van der Waals surface area (Å²) in [4.78, 5) is 17.9. The number of rotatable bonds is 4. The van der Waals surface area contributed by atoms with Gasteiger partial charge in [0.15, 0.2) is 11.0 Å². The largest absolute Gasteiger partial charge is 0.346 e. The lowest BCUT2D eigenvalue weighted by molar-refractivity contribution is 0.213. The number of carbonyl (C=O) groups is 1. The number of aromatic nitrogens is 3. The molecule has 1 rings (SSSR count). The first kappa shape index (κ1) is 15.2. The van der Waals surface area contributed by atoms with Gasteiger partial charge in [-0.15, -0.1) is 5.10 Å². The predicted molar refractivity (Wildman–Crippen MR) is 77.4 cm³/mol. The molecule has 5 nitrogen and oxygen atoms in total. The van der Waals surface area contributed by atoms with Gasteiger partial charge in [0.05, 0.1) is 0 Å². The van der Waals surface area contributed by atoms with Gasteiger partial charge in [-0.3, -0.25) is 0 Å². The Hall–Kier alpha value is -0.820. The van der Waals surface area contributed by atoms with E-state index in [2.05, 4.69) is 32.6 Å². The van der Waals surface area contributed by atoms with E-state index in [4.69, 9.17) is 0 Å². The van der Waals surface area contributed by atoms with E-state index in [0.717, 1.165) is 4.48 Å². The minimum atomic E-state index is -0.197. The topological polar surface area (TPSA) is 51.0 Å². The molecular weight excluding hydrogens is 316 g/mol. The number of hydrogen-bond acceptors (Lipinski definition) is 4. The van der Waals surface area contributed by atoms with Gasteiger partial charge in [0.25, 0.3) is 0 Å². The minimum Gasteiger partial charge on any atom is -0.329 e. The number of halogens is 1. The quantitative estimate of drug-likeness (QED) is 0.795. The van der Waals surface area contributed by atoms with Crippen molar-refractivity contribution in [3.63, 3.8) is 0 Å². The molecule has 1 heterocycles. The Kier molecular flexibility index (Phi) is 5.40. The normalized spacial score (nSPS) is 10.8. The molecule has 0 aliphatic heterocycles. The third-order valence-electron chi connectivity index (χ3n) is 2.03. The molecule has 1 amide bonds. The fourth-order valence-corrected chi connectivity index (χ4v) is 2.14. The first-order valence-corrected chi connectivity index (χ1v) is 7.25. The molecule has 0 radical (unpaired) electrons. The van der Waals surface area contributed by atoms with Crippen molar-refractivity contribution in [2.45, 2.75) is 24.9 Å². The summed E-state index contributed by atoms with van der Waals surface area (Å²) >= 11 is 4.72. The standard InChI is InChI=1S/C11H17BrN4OS/c1-7(2)9-13-10(18-6-8(3)12)16(14-9)11(17)15(4)5/h7H,3,6H2,1-2,4-5H3. The lowest BCUT2D eigenvalue weighted by atomic mass is 10.2. The van der Waals surface area contributed by atoms with E-state index in [1.54, 1.807) is 14.1 Å². The molecule has 0 aliphatic carbocycles. The highest BCUT2D eigenvalue weighted by atomic mass is 79.9. The van der Waals surface area contributed by atoms with E-state index >= 15 is 0 Å². The second kappa shape index (κ2) is 6.38. The van der Waals surface area contributed by atoms with Crippen LogP contribution in [0.4, 0.5) is 4.79 Å². The zero-order valence-corrected chi connectivity index (χ0v) is 13.4. The maximum atomic E-state index is 12.0. The summed E-state index contributed by atoms with van der Waals surface area (Å²) in [6, 6.07) is -0.197. The molecule has 1 aromatic rings. The highest BCUT2D eigenvalue weighted by molar-refractivity contribution is 9.11. The lowest BCUT2D eigenvalue weighted by Gasteiger charge is -2.10. The highest BCUT2D eigenvalue weighted by Gasteiger charge is 2.19. The summed E-state index contributed by atoms with van der Waals surface area (Å²) in [5.74, 6) is 1.51. The molecular formula is C11H17BrN4OS. The number of amides is 1. The van der Waals surface area contributed by atoms with E-state index in [0.29, 0.717) is 16.7 Å². The van der Waals surface area contributed by atoms with Crippen LogP contribution in [0, 0.1) is 0 Å². The van der Waals surface area contributed by atoms with Crippen LogP contribution in [-0.2, 0) is 0 Å². The summed E-state index contributed by atoms with van der Waals surface area (Å²) in [5.41, 5.74) is 0. The summed E-state index contributed by atoms with van der Waals surface area (Å²) in [6.45, 7) is 7.76. The molecule has 0 N–H and O–H groups in total. The van der Waals surface area contributed by atoms with Crippen molar-refractivity contribution < 1.29 is 4.79 Å². The van der Waals surface area contributed by atoms with Gasteiger partial charge in [0, 0.05) is 25.8 Å². The van der Waals surface area contributed by atoms with Crippen molar-refractivity contribution in [2.24, 2.45) is 0 Å². The molecule has 18 heavy (non-hydrogen) atoms. The zero-order chi connectivity index (χ0) is 13.9. The van der Waals surface area contributed by atoms with Crippen molar-refractivity contribution in [3.05, 3.63) is 16.9 Å². The third kappa shape index (κ3) is 3.84. The molecule has 1 aromatic heterocycles. The van der Waals surface area contributed by atoms with Gasteiger partial charge in [0.2, 0.25) is 0 Å². The summed E-state index contributed by atoms with van der Waals surface area (Å²) < 4.78 is 2.20. The van der Waals surface area contributed by atoms with Gasteiger partial charge in [0.1, 0.15) is 0 Å². The molecule has 0 saturated heterocycles. The Bertz CT molecular complexity index is 456. The van der Waals surface area contributed by atoms with Gasteiger partial charge in [-0.1, -0.05) is 48.1 Å². The molecule has 0 fully saturated rings. The lowest BCUT2D eigenvalue weighted by Crippen LogP contribution is -2.28. The molecule has 0 aromatic carbocycles. The van der Waals surface area contributed by atoms with E-state index in [1.807, 2.05) is 13.8 Å². The zero-order valence-electron chi connectivity index (χ0n) is 11.0. The van der Waals surface area contributed by atoms with E-state index < -0.39 is 0 Å². The third-order valence-corrected chi connectivity index (χ3v) is 3.70. The Morgan fingerprint density at radius 1 is 1.56 bits per heavy atom. The Labute approximate surface area is 120 Å². The van der Waals surface area contributed by atoms with Crippen LogP contribution in [0.3, 0.4) is 0 Å².